The molecule has 0 bridgehead atoms. The van der Waals surface area contributed by atoms with Crippen molar-refractivity contribution in [3.8, 4) is 0 Å². The van der Waals surface area contributed by atoms with Crippen LogP contribution in [0.15, 0.2) is 42.9 Å². The zero-order chi connectivity index (χ0) is 25.8. The number of hydrogen-bond donors (Lipinski definition) is 6. The summed E-state index contributed by atoms with van der Waals surface area (Å²) < 4.78 is 0. The molecule has 0 spiro atoms. The maximum atomic E-state index is 13.1. The van der Waals surface area contributed by atoms with Gasteiger partial charge >= 0.3 is 5.97 Å². The molecule has 1 heterocycles. The highest BCUT2D eigenvalue weighted by Crippen LogP contribution is 2.06. The number of nitrogens with two attached hydrogens (primary N) is 1. The fourth-order valence-electron chi connectivity index (χ4n) is 3.21. The van der Waals surface area contributed by atoms with Gasteiger partial charge in [-0.3, -0.25) is 14.4 Å². The topological polar surface area (TPSA) is 179 Å². The van der Waals surface area contributed by atoms with Crippen molar-refractivity contribution in [2.24, 2.45) is 5.73 Å². The van der Waals surface area contributed by atoms with Crippen molar-refractivity contribution in [1.29, 1.82) is 0 Å². The lowest BCUT2D eigenvalue weighted by molar-refractivity contribution is -0.142. The van der Waals surface area contributed by atoms with Crippen LogP contribution in [-0.2, 0) is 32.0 Å². The summed E-state index contributed by atoms with van der Waals surface area (Å²) in [4.78, 5) is 56.6. The number of nitrogens with one attached hydrogen (secondary N) is 4. The Balaban J connectivity index is 2.09. The highest BCUT2D eigenvalue weighted by atomic mass is 32.2. The molecular formula is C23H32N6O5S. The van der Waals surface area contributed by atoms with Crippen LogP contribution in [0, 0.1) is 0 Å². The Morgan fingerprint density at radius 2 is 1.71 bits per heavy atom. The summed E-state index contributed by atoms with van der Waals surface area (Å²) in [7, 11) is 0. The third-order valence-electron chi connectivity index (χ3n) is 5.23. The van der Waals surface area contributed by atoms with Crippen molar-refractivity contribution in [3.05, 3.63) is 54.1 Å². The largest absolute Gasteiger partial charge is 0.480 e. The molecule has 0 fully saturated rings. The molecule has 0 aliphatic heterocycles. The Kier molecular flexibility index (Phi) is 11.2. The van der Waals surface area contributed by atoms with Crippen molar-refractivity contribution in [3.63, 3.8) is 0 Å². The SMILES string of the molecule is CSCCC(N)C(=O)NC(C)C(=O)NC(Cc1ccccc1)C(=O)NC(Cc1cnc[nH]1)C(=O)O. The highest BCUT2D eigenvalue weighted by molar-refractivity contribution is 7.98. The average Bonchev–Trinajstić information content (AvgIpc) is 3.35. The zero-order valence-electron chi connectivity index (χ0n) is 19.7. The van der Waals surface area contributed by atoms with Gasteiger partial charge in [0.05, 0.1) is 12.4 Å². The van der Waals surface area contributed by atoms with E-state index in [-0.39, 0.29) is 12.8 Å². The molecule has 0 aliphatic carbocycles. The van der Waals surface area contributed by atoms with Crippen molar-refractivity contribution < 1.29 is 24.3 Å². The third-order valence-corrected chi connectivity index (χ3v) is 5.87. The molecule has 0 saturated carbocycles. The smallest absolute Gasteiger partial charge is 0.326 e. The standard InChI is InChI=1S/C23H32N6O5S/c1-14(27-21(31)17(24)8-9-35-2)20(30)28-18(10-15-6-4-3-5-7-15)22(32)29-19(23(33)34)11-16-12-25-13-26-16/h3-7,12-14,17-19H,8-11,24H2,1-2H3,(H,25,26)(H,27,31)(H,28,30)(H,29,32)(H,33,34). The Morgan fingerprint density at radius 1 is 1.03 bits per heavy atom. The number of carbonyl (C=O) groups is 4. The van der Waals surface area contributed by atoms with Crippen LogP contribution in [0.4, 0.5) is 0 Å². The van der Waals surface area contributed by atoms with E-state index in [0.29, 0.717) is 17.9 Å². The number of carboxylic acids is 1. The van der Waals surface area contributed by atoms with E-state index in [4.69, 9.17) is 5.73 Å². The normalized spacial score (nSPS) is 14.3. The Labute approximate surface area is 208 Å². The zero-order valence-corrected chi connectivity index (χ0v) is 20.5. The van der Waals surface area contributed by atoms with Gasteiger partial charge in [0.15, 0.2) is 0 Å². The lowest BCUT2D eigenvalue weighted by atomic mass is 10.0. The molecule has 2 rings (SSSR count). The number of amides is 3. The van der Waals surface area contributed by atoms with Crippen LogP contribution in [0.3, 0.4) is 0 Å². The van der Waals surface area contributed by atoms with Crippen LogP contribution in [0.5, 0.6) is 0 Å². The molecule has 4 unspecified atom stereocenters. The number of aromatic amines is 1. The maximum Gasteiger partial charge on any atom is 0.326 e. The van der Waals surface area contributed by atoms with E-state index >= 15 is 0 Å². The second-order valence-electron chi connectivity index (χ2n) is 8.05. The number of H-pyrrole nitrogens is 1. The summed E-state index contributed by atoms with van der Waals surface area (Å²) in [5, 5.41) is 17.3. The third kappa shape index (κ3) is 9.41. The number of carbonyl (C=O) groups excluding carboxylic acids is 3. The summed E-state index contributed by atoms with van der Waals surface area (Å²) in [6, 6.07) is 4.99. The van der Waals surface area contributed by atoms with Crippen molar-refractivity contribution >= 4 is 35.5 Å². The first kappa shape index (κ1) is 27.9. The van der Waals surface area contributed by atoms with Crippen LogP contribution in [0.2, 0.25) is 0 Å². The monoisotopic (exact) mass is 504 g/mol. The van der Waals surface area contributed by atoms with Gasteiger partial charge in [-0.05, 0) is 30.9 Å². The number of imidazole rings is 1. The van der Waals surface area contributed by atoms with Gasteiger partial charge in [0.25, 0.3) is 0 Å². The van der Waals surface area contributed by atoms with E-state index in [2.05, 4.69) is 25.9 Å². The van der Waals surface area contributed by atoms with Gasteiger partial charge in [0, 0.05) is 24.7 Å². The molecule has 12 heteroatoms. The predicted molar refractivity (Wildman–Crippen MR) is 133 cm³/mol. The number of rotatable bonds is 14. The number of aromatic nitrogens is 2. The maximum absolute atomic E-state index is 13.1. The number of thioether (sulfide) groups is 1. The summed E-state index contributed by atoms with van der Waals surface area (Å²) in [6.07, 6.45) is 5.38. The first-order valence-electron chi connectivity index (χ1n) is 11.1. The van der Waals surface area contributed by atoms with Crippen LogP contribution in [-0.4, -0.2) is 74.9 Å². The van der Waals surface area contributed by atoms with Gasteiger partial charge in [-0.15, -0.1) is 0 Å². The second-order valence-corrected chi connectivity index (χ2v) is 9.04. The minimum absolute atomic E-state index is 0.00648. The number of hydrogen-bond acceptors (Lipinski definition) is 7. The molecule has 1 aromatic carbocycles. The predicted octanol–water partition coefficient (Wildman–Crippen LogP) is -0.166. The van der Waals surface area contributed by atoms with Gasteiger partial charge in [-0.2, -0.15) is 11.8 Å². The minimum Gasteiger partial charge on any atom is -0.480 e. The number of nitrogens with zero attached hydrogens (tertiary/aromatic N) is 1. The highest BCUT2D eigenvalue weighted by Gasteiger charge is 2.29. The summed E-state index contributed by atoms with van der Waals surface area (Å²) in [5.74, 6) is -2.23. The molecule has 7 N–H and O–H groups in total. The first-order chi connectivity index (χ1) is 16.7. The van der Waals surface area contributed by atoms with Gasteiger partial charge in [0.2, 0.25) is 17.7 Å². The van der Waals surface area contributed by atoms with E-state index in [1.54, 1.807) is 36.0 Å². The molecule has 0 aliphatic rings. The van der Waals surface area contributed by atoms with Crippen LogP contribution >= 0.6 is 11.8 Å². The van der Waals surface area contributed by atoms with Gasteiger partial charge in [-0.1, -0.05) is 30.3 Å². The minimum atomic E-state index is -1.23. The van der Waals surface area contributed by atoms with E-state index < -0.39 is 47.9 Å². The van der Waals surface area contributed by atoms with E-state index in [0.717, 1.165) is 5.56 Å². The van der Waals surface area contributed by atoms with Crippen LogP contribution in [0.25, 0.3) is 0 Å². The summed E-state index contributed by atoms with van der Waals surface area (Å²) in [6.45, 7) is 1.49. The lowest BCUT2D eigenvalue weighted by Gasteiger charge is -2.24. The first-order valence-corrected chi connectivity index (χ1v) is 12.5. The Hall–Kier alpha value is -3.38. The van der Waals surface area contributed by atoms with Crippen LogP contribution < -0.4 is 21.7 Å². The van der Waals surface area contributed by atoms with Gasteiger partial charge < -0.3 is 31.8 Å². The molecule has 2 aromatic rings. The fourth-order valence-corrected chi connectivity index (χ4v) is 3.70. The molecule has 1 aromatic heterocycles. The lowest BCUT2D eigenvalue weighted by Crippen LogP contribution is -2.57. The molecule has 3 amide bonds. The number of aliphatic carboxylic acids is 1. The van der Waals surface area contributed by atoms with Gasteiger partial charge in [0.1, 0.15) is 18.1 Å². The molecule has 4 atom stereocenters. The van der Waals surface area contributed by atoms with Crippen LogP contribution in [0.1, 0.15) is 24.6 Å². The molecule has 0 saturated heterocycles. The van der Waals surface area contributed by atoms with E-state index in [1.807, 2.05) is 12.3 Å². The quantitative estimate of drug-likeness (QED) is 0.205. The molecule has 11 nitrogen and oxygen atoms in total. The molecule has 0 radical (unpaired) electrons. The average molecular weight is 505 g/mol. The molecule has 35 heavy (non-hydrogen) atoms. The fraction of sp³-hybridized carbons (Fsp3) is 0.435. The van der Waals surface area contributed by atoms with Gasteiger partial charge in [-0.25, -0.2) is 9.78 Å². The molecule has 190 valence electrons. The molecular weight excluding hydrogens is 472 g/mol. The second kappa shape index (κ2) is 14.1. The van der Waals surface area contributed by atoms with E-state index in [9.17, 15) is 24.3 Å². The van der Waals surface area contributed by atoms with Crippen molar-refractivity contribution in [2.75, 3.05) is 12.0 Å². The number of benzene rings is 1. The Morgan fingerprint density at radius 3 is 2.31 bits per heavy atom. The van der Waals surface area contributed by atoms with Crippen molar-refractivity contribution in [1.82, 2.24) is 25.9 Å². The summed E-state index contributed by atoms with van der Waals surface area (Å²) in [5.41, 5.74) is 7.16. The number of carboxylic acid groups (broad SMARTS) is 1. The summed E-state index contributed by atoms with van der Waals surface area (Å²) >= 11 is 1.56. The van der Waals surface area contributed by atoms with Crippen molar-refractivity contribution in [2.45, 2.75) is 50.4 Å². The van der Waals surface area contributed by atoms with E-state index in [1.165, 1.54) is 19.4 Å². The Bertz CT molecular complexity index is 972.